The fourth-order valence-electron chi connectivity index (χ4n) is 1.93. The molecule has 90 valence electrons. The maximum atomic E-state index is 12.5. The summed E-state index contributed by atoms with van der Waals surface area (Å²) in [6.07, 6.45) is 0.720. The van der Waals surface area contributed by atoms with Crippen molar-refractivity contribution in [1.29, 1.82) is 0 Å². The minimum atomic E-state index is -1.12. The molecule has 18 heavy (non-hydrogen) atoms. The number of carbonyl (C=O) groups excluding carboxylic acids is 2. The molecule has 0 aliphatic heterocycles. The number of hydrogen-bond acceptors (Lipinski definition) is 2. The first-order valence-electron chi connectivity index (χ1n) is 5.80. The molecule has 0 unspecified atom stereocenters. The van der Waals surface area contributed by atoms with E-state index in [1.165, 1.54) is 0 Å². The van der Waals surface area contributed by atoms with E-state index in [-0.39, 0.29) is 5.78 Å². The minimum Gasteiger partial charge on any atom is -0.302 e. The highest BCUT2D eigenvalue weighted by molar-refractivity contribution is 6.13. The molecule has 1 atom stereocenters. The third-order valence-electron chi connectivity index (χ3n) is 3.12. The lowest BCUT2D eigenvalue weighted by molar-refractivity contribution is -0.110. The van der Waals surface area contributed by atoms with E-state index in [1.54, 1.807) is 43.3 Å². The molecule has 2 heteroatoms. The first-order chi connectivity index (χ1) is 8.68. The van der Waals surface area contributed by atoms with Crippen molar-refractivity contribution in [2.24, 2.45) is 0 Å². The molecule has 0 saturated heterocycles. The fraction of sp³-hybridized carbons (Fsp3) is 0.125. The van der Waals surface area contributed by atoms with Crippen LogP contribution < -0.4 is 0 Å². The van der Waals surface area contributed by atoms with E-state index in [9.17, 15) is 9.59 Å². The van der Waals surface area contributed by atoms with Crippen molar-refractivity contribution < 1.29 is 9.59 Å². The normalized spacial score (nSPS) is 13.6. The predicted molar refractivity (Wildman–Crippen MR) is 70.6 cm³/mol. The summed E-state index contributed by atoms with van der Waals surface area (Å²) in [4.78, 5) is 23.9. The van der Waals surface area contributed by atoms with E-state index in [0.29, 0.717) is 11.1 Å². The van der Waals surface area contributed by atoms with Crippen molar-refractivity contribution in [2.75, 3.05) is 0 Å². The van der Waals surface area contributed by atoms with Crippen molar-refractivity contribution >= 4 is 12.1 Å². The van der Waals surface area contributed by atoms with Crippen LogP contribution in [0, 0.1) is 0 Å². The zero-order chi connectivity index (χ0) is 13.0. The monoisotopic (exact) mass is 238 g/mol. The van der Waals surface area contributed by atoms with Gasteiger partial charge in [0.05, 0.1) is 0 Å². The highest BCUT2D eigenvalue weighted by atomic mass is 16.1. The standard InChI is InChI=1S/C16H14O2/c1-16(12-17,14-10-6-3-7-11-14)15(18)13-8-4-2-5-9-13/h2-12H,1H3/t16-/m0/s1. The van der Waals surface area contributed by atoms with E-state index in [1.807, 2.05) is 24.3 Å². The highest BCUT2D eigenvalue weighted by Gasteiger charge is 2.35. The Morgan fingerprint density at radius 1 is 0.944 bits per heavy atom. The largest absolute Gasteiger partial charge is 0.302 e. The molecule has 0 amide bonds. The second kappa shape index (κ2) is 4.96. The van der Waals surface area contributed by atoms with Gasteiger partial charge in [0.25, 0.3) is 0 Å². The summed E-state index contributed by atoms with van der Waals surface area (Å²) >= 11 is 0. The van der Waals surface area contributed by atoms with Crippen LogP contribution in [0.4, 0.5) is 0 Å². The number of ketones is 1. The van der Waals surface area contributed by atoms with E-state index < -0.39 is 5.41 Å². The second-order valence-corrected chi connectivity index (χ2v) is 4.38. The third-order valence-corrected chi connectivity index (χ3v) is 3.12. The minimum absolute atomic E-state index is 0.177. The van der Waals surface area contributed by atoms with Gasteiger partial charge in [-0.2, -0.15) is 0 Å². The Hall–Kier alpha value is -2.22. The van der Waals surface area contributed by atoms with Crippen LogP contribution in [0.15, 0.2) is 60.7 Å². The fourth-order valence-corrected chi connectivity index (χ4v) is 1.93. The number of Topliss-reactive ketones (excluding diaryl/α,β-unsaturated/α-hetero) is 1. The van der Waals surface area contributed by atoms with Gasteiger partial charge in [0.15, 0.2) is 5.78 Å². The highest BCUT2D eigenvalue weighted by Crippen LogP contribution is 2.25. The van der Waals surface area contributed by atoms with E-state index in [0.717, 1.165) is 6.29 Å². The van der Waals surface area contributed by atoms with Crippen LogP contribution in [-0.2, 0) is 10.2 Å². The first-order valence-corrected chi connectivity index (χ1v) is 5.80. The van der Waals surface area contributed by atoms with Gasteiger partial charge in [0.2, 0.25) is 0 Å². The molecule has 0 radical (unpaired) electrons. The van der Waals surface area contributed by atoms with Gasteiger partial charge in [-0.1, -0.05) is 60.7 Å². The van der Waals surface area contributed by atoms with Crippen molar-refractivity contribution in [3.05, 3.63) is 71.8 Å². The molecular formula is C16H14O2. The molecule has 0 fully saturated rings. The van der Waals surface area contributed by atoms with E-state index in [4.69, 9.17) is 0 Å². The number of aldehydes is 1. The second-order valence-electron chi connectivity index (χ2n) is 4.38. The Morgan fingerprint density at radius 2 is 1.44 bits per heavy atom. The SMILES string of the molecule is C[C@@](C=O)(C(=O)c1ccccc1)c1ccccc1. The Bertz CT molecular complexity index is 546. The van der Waals surface area contributed by atoms with E-state index in [2.05, 4.69) is 0 Å². The molecule has 0 saturated carbocycles. The summed E-state index contributed by atoms with van der Waals surface area (Å²) in [5, 5.41) is 0. The van der Waals surface area contributed by atoms with Gasteiger partial charge in [-0.25, -0.2) is 0 Å². The Labute approximate surface area is 106 Å². The predicted octanol–water partition coefficient (Wildman–Crippen LogP) is 3.03. The number of benzene rings is 2. The van der Waals surface area contributed by atoms with Crippen molar-refractivity contribution in [1.82, 2.24) is 0 Å². The van der Waals surface area contributed by atoms with Gasteiger partial charge in [0, 0.05) is 5.56 Å². The molecule has 0 aliphatic rings. The number of hydrogen-bond donors (Lipinski definition) is 0. The summed E-state index contributed by atoms with van der Waals surface area (Å²) in [6, 6.07) is 18.0. The van der Waals surface area contributed by atoms with Crippen LogP contribution in [-0.4, -0.2) is 12.1 Å². The van der Waals surface area contributed by atoms with Crippen LogP contribution in [0.3, 0.4) is 0 Å². The van der Waals surface area contributed by atoms with Crippen molar-refractivity contribution in [3.63, 3.8) is 0 Å². The lowest BCUT2D eigenvalue weighted by Gasteiger charge is -2.22. The smallest absolute Gasteiger partial charge is 0.180 e. The summed E-state index contributed by atoms with van der Waals surface area (Å²) in [6.45, 7) is 1.66. The van der Waals surface area contributed by atoms with Crippen LogP contribution >= 0.6 is 0 Å². The maximum Gasteiger partial charge on any atom is 0.180 e. The maximum absolute atomic E-state index is 12.5. The van der Waals surface area contributed by atoms with Gasteiger partial charge in [0.1, 0.15) is 11.7 Å². The molecule has 0 N–H and O–H groups in total. The van der Waals surface area contributed by atoms with Crippen LogP contribution in [0.25, 0.3) is 0 Å². The van der Waals surface area contributed by atoms with Crippen LogP contribution in [0.5, 0.6) is 0 Å². The summed E-state index contributed by atoms with van der Waals surface area (Å²) < 4.78 is 0. The van der Waals surface area contributed by atoms with Gasteiger partial charge in [-0.05, 0) is 12.5 Å². The van der Waals surface area contributed by atoms with Gasteiger partial charge >= 0.3 is 0 Å². The summed E-state index contributed by atoms with van der Waals surface area (Å²) in [7, 11) is 0. The molecule has 2 aromatic carbocycles. The average Bonchev–Trinajstić information content (AvgIpc) is 2.47. The first kappa shape index (κ1) is 12.2. The Balaban J connectivity index is 2.46. The molecule has 2 aromatic rings. The van der Waals surface area contributed by atoms with Crippen LogP contribution in [0.2, 0.25) is 0 Å². The van der Waals surface area contributed by atoms with Gasteiger partial charge in [-0.3, -0.25) is 4.79 Å². The number of rotatable bonds is 4. The molecule has 2 rings (SSSR count). The quantitative estimate of drug-likeness (QED) is 0.466. The molecule has 0 aromatic heterocycles. The Kier molecular flexibility index (Phi) is 3.38. The molecule has 0 heterocycles. The average molecular weight is 238 g/mol. The lowest BCUT2D eigenvalue weighted by Crippen LogP contribution is -2.34. The van der Waals surface area contributed by atoms with Crippen molar-refractivity contribution in [3.8, 4) is 0 Å². The molecular weight excluding hydrogens is 224 g/mol. The van der Waals surface area contributed by atoms with Crippen LogP contribution in [0.1, 0.15) is 22.8 Å². The summed E-state index contributed by atoms with van der Waals surface area (Å²) in [5.74, 6) is -0.177. The van der Waals surface area contributed by atoms with E-state index >= 15 is 0 Å². The summed E-state index contributed by atoms with van der Waals surface area (Å²) in [5.41, 5.74) is 0.146. The molecule has 0 bridgehead atoms. The Morgan fingerprint density at radius 3 is 1.94 bits per heavy atom. The zero-order valence-electron chi connectivity index (χ0n) is 10.2. The molecule has 2 nitrogen and oxygen atoms in total. The third kappa shape index (κ3) is 2.09. The topological polar surface area (TPSA) is 34.1 Å². The van der Waals surface area contributed by atoms with Gasteiger partial charge in [-0.15, -0.1) is 0 Å². The molecule has 0 spiro atoms. The molecule has 0 aliphatic carbocycles. The number of carbonyl (C=O) groups is 2. The zero-order valence-corrected chi connectivity index (χ0v) is 10.2. The van der Waals surface area contributed by atoms with Crippen molar-refractivity contribution in [2.45, 2.75) is 12.3 Å². The van der Waals surface area contributed by atoms with Gasteiger partial charge < -0.3 is 4.79 Å². The lowest BCUT2D eigenvalue weighted by atomic mass is 9.77.